The first-order chi connectivity index (χ1) is 19.0. The Kier molecular flexibility index (Phi) is 8.30. The van der Waals surface area contributed by atoms with Gasteiger partial charge in [-0.05, 0) is 43.2 Å². The Morgan fingerprint density at radius 1 is 0.974 bits per heavy atom. The maximum absolute atomic E-state index is 13.2. The maximum Gasteiger partial charge on any atom is 0.243 e. The van der Waals surface area contributed by atoms with E-state index in [2.05, 4.69) is 15.5 Å². The smallest absolute Gasteiger partial charge is 0.243 e. The van der Waals surface area contributed by atoms with Gasteiger partial charge in [0.1, 0.15) is 5.75 Å². The molecule has 11 heteroatoms. The average molecular weight is 564 g/mol. The number of para-hydroxylation sites is 2. The van der Waals surface area contributed by atoms with Gasteiger partial charge < -0.3 is 10.1 Å². The van der Waals surface area contributed by atoms with E-state index in [1.54, 1.807) is 25.3 Å². The molecule has 1 saturated heterocycles. The van der Waals surface area contributed by atoms with E-state index in [1.807, 2.05) is 65.2 Å². The zero-order valence-corrected chi connectivity index (χ0v) is 23.1. The highest BCUT2D eigenvalue weighted by Crippen LogP contribution is 2.30. The number of thioether (sulfide) groups is 1. The fraction of sp³-hybridized carbons (Fsp3) is 0.250. The van der Waals surface area contributed by atoms with Crippen LogP contribution in [0.5, 0.6) is 5.75 Å². The third-order valence-electron chi connectivity index (χ3n) is 6.44. The van der Waals surface area contributed by atoms with Crippen LogP contribution in [-0.2, 0) is 21.4 Å². The van der Waals surface area contributed by atoms with Crippen molar-refractivity contribution >= 4 is 27.7 Å². The topological polar surface area (TPSA) is 106 Å². The van der Waals surface area contributed by atoms with Gasteiger partial charge in [0.05, 0.1) is 17.8 Å². The quantitative estimate of drug-likeness (QED) is 0.289. The van der Waals surface area contributed by atoms with E-state index in [-0.39, 0.29) is 16.6 Å². The van der Waals surface area contributed by atoms with Crippen LogP contribution >= 0.6 is 11.8 Å². The van der Waals surface area contributed by atoms with Crippen LogP contribution < -0.4 is 10.1 Å². The fourth-order valence-corrected chi connectivity index (χ4v) is 6.80. The molecule has 1 aliphatic heterocycles. The molecule has 1 fully saturated rings. The Morgan fingerprint density at radius 3 is 2.49 bits per heavy atom. The van der Waals surface area contributed by atoms with E-state index in [9.17, 15) is 13.2 Å². The fourth-order valence-electron chi connectivity index (χ4n) is 4.46. The average Bonchev–Trinajstić information content (AvgIpc) is 3.67. The van der Waals surface area contributed by atoms with E-state index < -0.39 is 10.0 Å². The Bertz CT molecular complexity index is 1550. The summed E-state index contributed by atoms with van der Waals surface area (Å²) in [7, 11) is -1.99. The molecule has 1 N–H and O–H groups in total. The molecule has 2 heterocycles. The molecule has 4 aromatic rings. The van der Waals surface area contributed by atoms with Crippen molar-refractivity contribution in [3.63, 3.8) is 0 Å². The van der Waals surface area contributed by atoms with Crippen LogP contribution in [0.15, 0.2) is 88.9 Å². The number of amides is 1. The minimum atomic E-state index is -3.59. The predicted octanol–water partition coefficient (Wildman–Crippen LogP) is 4.14. The molecule has 0 saturated carbocycles. The van der Waals surface area contributed by atoms with Crippen molar-refractivity contribution in [3.8, 4) is 22.8 Å². The number of hydrogen-bond donors (Lipinski definition) is 1. The van der Waals surface area contributed by atoms with Gasteiger partial charge in [-0.15, -0.1) is 10.2 Å². The monoisotopic (exact) mass is 563 g/mol. The molecular formula is C28H29N5O4S2. The highest BCUT2D eigenvalue weighted by molar-refractivity contribution is 7.99. The Labute approximate surface area is 232 Å². The van der Waals surface area contributed by atoms with Gasteiger partial charge in [-0.2, -0.15) is 4.31 Å². The third-order valence-corrected chi connectivity index (χ3v) is 9.27. The van der Waals surface area contributed by atoms with Crippen LogP contribution in [0.1, 0.15) is 18.4 Å². The van der Waals surface area contributed by atoms with Crippen molar-refractivity contribution in [2.45, 2.75) is 29.4 Å². The van der Waals surface area contributed by atoms with Crippen molar-refractivity contribution in [2.24, 2.45) is 0 Å². The number of ether oxygens (including phenoxy) is 1. The van der Waals surface area contributed by atoms with E-state index in [4.69, 9.17) is 4.74 Å². The lowest BCUT2D eigenvalue weighted by Crippen LogP contribution is -2.27. The van der Waals surface area contributed by atoms with Crippen molar-refractivity contribution in [3.05, 3.63) is 84.4 Å². The van der Waals surface area contributed by atoms with Crippen LogP contribution in [0.25, 0.3) is 17.1 Å². The molecule has 0 radical (unpaired) electrons. The zero-order valence-electron chi connectivity index (χ0n) is 21.5. The number of aromatic nitrogens is 3. The summed E-state index contributed by atoms with van der Waals surface area (Å²) in [5.74, 6) is 1.18. The lowest BCUT2D eigenvalue weighted by Gasteiger charge is -2.16. The number of nitrogens with zero attached hydrogens (tertiary/aromatic N) is 4. The molecule has 3 aromatic carbocycles. The molecule has 5 rings (SSSR count). The number of rotatable bonds is 10. The first kappa shape index (κ1) is 26.9. The van der Waals surface area contributed by atoms with Crippen LogP contribution in [0, 0.1) is 0 Å². The van der Waals surface area contributed by atoms with Crippen molar-refractivity contribution < 1.29 is 17.9 Å². The van der Waals surface area contributed by atoms with Crippen LogP contribution in [0.2, 0.25) is 0 Å². The van der Waals surface area contributed by atoms with Gasteiger partial charge in [0.2, 0.25) is 15.9 Å². The molecule has 0 bridgehead atoms. The Balaban J connectivity index is 1.38. The first-order valence-corrected chi connectivity index (χ1v) is 15.0. The summed E-state index contributed by atoms with van der Waals surface area (Å²) in [5.41, 5.74) is 2.32. The minimum absolute atomic E-state index is 0.128. The summed E-state index contributed by atoms with van der Waals surface area (Å²) in [6.07, 6.45) is 1.74. The molecule has 1 amide bonds. The molecule has 9 nitrogen and oxygen atoms in total. The molecule has 1 aliphatic rings. The van der Waals surface area contributed by atoms with Crippen molar-refractivity contribution in [1.29, 1.82) is 0 Å². The van der Waals surface area contributed by atoms with Gasteiger partial charge in [0.25, 0.3) is 0 Å². The lowest BCUT2D eigenvalue weighted by molar-refractivity contribution is -0.118. The molecule has 1 aromatic heterocycles. The highest BCUT2D eigenvalue weighted by Gasteiger charge is 2.28. The summed E-state index contributed by atoms with van der Waals surface area (Å²) in [5, 5.41) is 12.2. The minimum Gasteiger partial charge on any atom is -0.496 e. The van der Waals surface area contributed by atoms with E-state index >= 15 is 0 Å². The Hall–Kier alpha value is -3.67. The number of nitrogens with one attached hydrogen (secondary N) is 1. The lowest BCUT2D eigenvalue weighted by atomic mass is 10.2. The summed E-state index contributed by atoms with van der Waals surface area (Å²) in [6.45, 7) is 1.41. The molecule has 0 atom stereocenters. The summed E-state index contributed by atoms with van der Waals surface area (Å²) in [4.78, 5) is 12.9. The van der Waals surface area contributed by atoms with Crippen LogP contribution in [-0.4, -0.2) is 59.3 Å². The van der Waals surface area contributed by atoms with Crippen LogP contribution in [0.3, 0.4) is 0 Å². The SMILES string of the molecule is COc1ccccc1CNC(=O)CSc1nnc(-c2cccc(S(=O)(=O)N3CCCC3)c2)n1-c1ccccc1. The molecule has 202 valence electrons. The summed E-state index contributed by atoms with van der Waals surface area (Å²) in [6, 6.07) is 23.9. The van der Waals surface area contributed by atoms with E-state index in [0.717, 1.165) is 24.1 Å². The second-order valence-corrected chi connectivity index (χ2v) is 11.9. The van der Waals surface area contributed by atoms with Gasteiger partial charge in [0, 0.05) is 36.4 Å². The number of sulfonamides is 1. The molecular weight excluding hydrogens is 534 g/mol. The normalized spacial score (nSPS) is 13.9. The number of carbonyl (C=O) groups is 1. The molecule has 39 heavy (non-hydrogen) atoms. The molecule has 0 aliphatic carbocycles. The first-order valence-electron chi connectivity index (χ1n) is 12.6. The van der Waals surface area contributed by atoms with Gasteiger partial charge in [-0.1, -0.05) is 60.3 Å². The zero-order chi connectivity index (χ0) is 27.2. The third kappa shape index (κ3) is 6.00. The Morgan fingerprint density at radius 2 is 1.72 bits per heavy atom. The van der Waals surface area contributed by atoms with E-state index in [1.165, 1.54) is 16.1 Å². The van der Waals surface area contributed by atoms with Gasteiger partial charge >= 0.3 is 0 Å². The van der Waals surface area contributed by atoms with Crippen LogP contribution in [0.4, 0.5) is 0 Å². The van der Waals surface area contributed by atoms with Gasteiger partial charge in [0.15, 0.2) is 11.0 Å². The largest absolute Gasteiger partial charge is 0.496 e. The van der Waals surface area contributed by atoms with E-state index in [0.29, 0.717) is 41.9 Å². The maximum atomic E-state index is 13.2. The molecule has 0 spiro atoms. The number of methoxy groups -OCH3 is 1. The molecule has 0 unspecified atom stereocenters. The second-order valence-electron chi connectivity index (χ2n) is 8.99. The van der Waals surface area contributed by atoms with Gasteiger partial charge in [-0.3, -0.25) is 9.36 Å². The number of benzene rings is 3. The second kappa shape index (κ2) is 12.0. The standard InChI is InChI=1S/C28H29N5O4S2/c1-37-25-15-6-5-10-22(25)19-29-26(34)20-38-28-31-30-27(33(28)23-12-3-2-4-13-23)21-11-9-14-24(18-21)39(35,36)32-16-7-8-17-32/h2-6,9-15,18H,7-8,16-17,19-20H2,1H3,(H,29,34). The summed E-state index contributed by atoms with van der Waals surface area (Å²) >= 11 is 1.26. The van der Waals surface area contributed by atoms with Gasteiger partial charge in [-0.25, -0.2) is 8.42 Å². The van der Waals surface area contributed by atoms with Crippen molar-refractivity contribution in [1.82, 2.24) is 24.4 Å². The number of carbonyl (C=O) groups excluding carboxylic acids is 1. The summed E-state index contributed by atoms with van der Waals surface area (Å²) < 4.78 is 35.1. The highest BCUT2D eigenvalue weighted by atomic mass is 32.2. The van der Waals surface area contributed by atoms with Crippen molar-refractivity contribution in [2.75, 3.05) is 26.0 Å². The predicted molar refractivity (Wildman–Crippen MR) is 150 cm³/mol. The number of hydrogen-bond acceptors (Lipinski definition) is 7.